The van der Waals surface area contributed by atoms with Crippen molar-refractivity contribution in [1.82, 2.24) is 15.1 Å². The van der Waals surface area contributed by atoms with Gasteiger partial charge in [-0.05, 0) is 19.8 Å². The van der Waals surface area contributed by atoms with Gasteiger partial charge in [0.25, 0.3) is 0 Å². The SMILES string of the molecule is CCCC(NC(=O)[C@H]1CCO[C@@H]1c1cnn(CC)c1)C(=O)O. The number of carbonyl (C=O) groups is 2. The van der Waals surface area contributed by atoms with Gasteiger partial charge in [0.2, 0.25) is 5.91 Å². The number of amides is 1. The number of aryl methyl sites for hydroxylation is 1. The highest BCUT2D eigenvalue weighted by Crippen LogP contribution is 2.34. The number of carboxylic acid groups (broad SMARTS) is 1. The van der Waals surface area contributed by atoms with Crippen LogP contribution in [0.2, 0.25) is 0 Å². The number of hydrogen-bond donors (Lipinski definition) is 2. The van der Waals surface area contributed by atoms with Gasteiger partial charge in [-0.25, -0.2) is 4.79 Å². The van der Waals surface area contributed by atoms with Crippen molar-refractivity contribution in [3.63, 3.8) is 0 Å². The maximum Gasteiger partial charge on any atom is 0.326 e. The summed E-state index contributed by atoms with van der Waals surface area (Å²) in [7, 11) is 0. The molecule has 7 heteroatoms. The van der Waals surface area contributed by atoms with Crippen LogP contribution in [0.25, 0.3) is 0 Å². The smallest absolute Gasteiger partial charge is 0.326 e. The Hall–Kier alpha value is -1.89. The predicted molar refractivity (Wildman–Crippen MR) is 79.2 cm³/mol. The molecule has 1 aliphatic heterocycles. The van der Waals surface area contributed by atoms with Crippen molar-refractivity contribution >= 4 is 11.9 Å². The third-order valence-electron chi connectivity index (χ3n) is 3.93. The van der Waals surface area contributed by atoms with Gasteiger partial charge in [-0.3, -0.25) is 9.48 Å². The van der Waals surface area contributed by atoms with Crippen LogP contribution in [0.3, 0.4) is 0 Å². The molecular formula is C15H23N3O4. The molecule has 1 aromatic heterocycles. The van der Waals surface area contributed by atoms with Crippen molar-refractivity contribution in [1.29, 1.82) is 0 Å². The highest BCUT2D eigenvalue weighted by molar-refractivity contribution is 5.85. The maximum atomic E-state index is 12.4. The Morgan fingerprint density at radius 2 is 2.32 bits per heavy atom. The summed E-state index contributed by atoms with van der Waals surface area (Å²) in [6, 6.07) is -0.836. The zero-order valence-corrected chi connectivity index (χ0v) is 13.0. The lowest BCUT2D eigenvalue weighted by Crippen LogP contribution is -2.44. The summed E-state index contributed by atoms with van der Waals surface area (Å²) in [5.74, 6) is -1.62. The lowest BCUT2D eigenvalue weighted by atomic mass is 9.96. The van der Waals surface area contributed by atoms with Crippen LogP contribution in [0.15, 0.2) is 12.4 Å². The fourth-order valence-electron chi connectivity index (χ4n) is 2.71. The molecule has 0 saturated carbocycles. The molecule has 1 saturated heterocycles. The Morgan fingerprint density at radius 3 is 2.91 bits per heavy atom. The second-order valence-corrected chi connectivity index (χ2v) is 5.50. The minimum absolute atomic E-state index is 0.257. The molecular weight excluding hydrogens is 286 g/mol. The van der Waals surface area contributed by atoms with E-state index in [2.05, 4.69) is 10.4 Å². The highest BCUT2D eigenvalue weighted by atomic mass is 16.5. The highest BCUT2D eigenvalue weighted by Gasteiger charge is 2.37. The third-order valence-corrected chi connectivity index (χ3v) is 3.93. The number of rotatable bonds is 7. The van der Waals surface area contributed by atoms with E-state index in [9.17, 15) is 9.59 Å². The zero-order valence-electron chi connectivity index (χ0n) is 13.0. The molecule has 0 spiro atoms. The molecule has 7 nitrogen and oxygen atoms in total. The molecule has 1 fully saturated rings. The van der Waals surface area contributed by atoms with Gasteiger partial charge in [0.05, 0.1) is 18.2 Å². The van der Waals surface area contributed by atoms with Gasteiger partial charge in [-0.2, -0.15) is 5.10 Å². The Bertz CT molecular complexity index is 529. The minimum Gasteiger partial charge on any atom is -0.480 e. The van der Waals surface area contributed by atoms with E-state index in [4.69, 9.17) is 9.84 Å². The first-order valence-electron chi connectivity index (χ1n) is 7.73. The summed E-state index contributed by atoms with van der Waals surface area (Å²) in [6.45, 7) is 5.12. The van der Waals surface area contributed by atoms with Crippen LogP contribution >= 0.6 is 0 Å². The first-order chi connectivity index (χ1) is 10.6. The number of nitrogens with zero attached hydrogens (tertiary/aromatic N) is 2. The molecule has 2 N–H and O–H groups in total. The fraction of sp³-hybridized carbons (Fsp3) is 0.667. The van der Waals surface area contributed by atoms with Crippen LogP contribution < -0.4 is 5.32 Å². The topological polar surface area (TPSA) is 93.5 Å². The van der Waals surface area contributed by atoms with Gasteiger partial charge in [0, 0.05) is 24.9 Å². The summed E-state index contributed by atoms with van der Waals surface area (Å²) in [6.07, 6.45) is 4.94. The molecule has 1 unspecified atom stereocenters. The van der Waals surface area contributed by atoms with E-state index in [-0.39, 0.29) is 17.9 Å². The summed E-state index contributed by atoms with van der Waals surface area (Å²) in [5, 5.41) is 16.0. The Kier molecular flexibility index (Phi) is 5.54. The molecule has 3 atom stereocenters. The largest absolute Gasteiger partial charge is 0.480 e. The molecule has 0 aliphatic carbocycles. The molecule has 1 amide bonds. The molecule has 2 rings (SSSR count). The van der Waals surface area contributed by atoms with Crippen molar-refractivity contribution in [2.24, 2.45) is 5.92 Å². The van der Waals surface area contributed by atoms with Crippen LogP contribution in [-0.4, -0.2) is 39.4 Å². The van der Waals surface area contributed by atoms with E-state index in [1.54, 1.807) is 10.9 Å². The van der Waals surface area contributed by atoms with E-state index in [1.165, 1.54) is 0 Å². The Morgan fingerprint density at radius 1 is 1.55 bits per heavy atom. The minimum atomic E-state index is -0.996. The van der Waals surface area contributed by atoms with E-state index in [1.807, 2.05) is 20.0 Å². The lowest BCUT2D eigenvalue weighted by molar-refractivity contribution is -0.143. The summed E-state index contributed by atoms with van der Waals surface area (Å²) in [4.78, 5) is 23.6. The van der Waals surface area contributed by atoms with Gasteiger partial charge < -0.3 is 15.2 Å². The number of ether oxygens (including phenoxy) is 1. The third kappa shape index (κ3) is 3.65. The number of carboxylic acids is 1. The van der Waals surface area contributed by atoms with Crippen LogP contribution in [0, 0.1) is 5.92 Å². The lowest BCUT2D eigenvalue weighted by Gasteiger charge is -2.20. The van der Waals surface area contributed by atoms with E-state index >= 15 is 0 Å². The standard InChI is InChI=1S/C15H23N3O4/c1-3-5-12(15(20)21)17-14(19)11-6-7-22-13(11)10-8-16-18(4-2)9-10/h8-9,11-13H,3-7H2,1-2H3,(H,17,19)(H,20,21)/t11-,12?,13+/m0/s1. The summed E-state index contributed by atoms with van der Waals surface area (Å²) in [5.41, 5.74) is 0.863. The molecule has 1 aromatic rings. The van der Waals surface area contributed by atoms with Crippen molar-refractivity contribution < 1.29 is 19.4 Å². The van der Waals surface area contributed by atoms with Crippen LogP contribution in [-0.2, 0) is 20.9 Å². The van der Waals surface area contributed by atoms with Gasteiger partial charge in [0.15, 0.2) is 0 Å². The molecule has 22 heavy (non-hydrogen) atoms. The molecule has 0 aromatic carbocycles. The second-order valence-electron chi connectivity index (χ2n) is 5.50. The zero-order chi connectivity index (χ0) is 16.1. The first-order valence-corrected chi connectivity index (χ1v) is 7.73. The quantitative estimate of drug-likeness (QED) is 0.793. The molecule has 2 heterocycles. The van der Waals surface area contributed by atoms with Crippen LogP contribution in [0.5, 0.6) is 0 Å². The maximum absolute atomic E-state index is 12.4. The van der Waals surface area contributed by atoms with Gasteiger partial charge >= 0.3 is 5.97 Å². The predicted octanol–water partition coefficient (Wildman–Crippen LogP) is 1.35. The van der Waals surface area contributed by atoms with Gasteiger partial charge in [-0.1, -0.05) is 13.3 Å². The van der Waals surface area contributed by atoms with Gasteiger partial charge in [-0.15, -0.1) is 0 Å². The normalized spacial score (nSPS) is 22.5. The van der Waals surface area contributed by atoms with E-state index in [0.717, 1.165) is 12.1 Å². The Labute approximate surface area is 129 Å². The average Bonchev–Trinajstić information content (AvgIpc) is 3.14. The number of aromatic nitrogens is 2. The molecule has 0 bridgehead atoms. The van der Waals surface area contributed by atoms with Crippen LogP contribution in [0.1, 0.15) is 44.8 Å². The monoisotopic (exact) mass is 309 g/mol. The summed E-state index contributed by atoms with van der Waals surface area (Å²) >= 11 is 0. The van der Waals surface area contributed by atoms with Crippen LogP contribution in [0.4, 0.5) is 0 Å². The van der Waals surface area contributed by atoms with Crippen molar-refractivity contribution in [3.8, 4) is 0 Å². The molecule has 122 valence electrons. The van der Waals surface area contributed by atoms with E-state index < -0.39 is 12.0 Å². The van der Waals surface area contributed by atoms with Crippen molar-refractivity contribution in [3.05, 3.63) is 18.0 Å². The van der Waals surface area contributed by atoms with Crippen molar-refractivity contribution in [2.45, 2.75) is 51.8 Å². The molecule has 0 radical (unpaired) electrons. The van der Waals surface area contributed by atoms with Gasteiger partial charge in [0.1, 0.15) is 6.04 Å². The second kappa shape index (κ2) is 7.40. The number of carbonyl (C=O) groups excluding carboxylic acids is 1. The van der Waals surface area contributed by atoms with Crippen molar-refractivity contribution in [2.75, 3.05) is 6.61 Å². The van der Waals surface area contributed by atoms with E-state index in [0.29, 0.717) is 25.9 Å². The molecule has 1 aliphatic rings. The first kappa shape index (κ1) is 16.5. The number of aliphatic carboxylic acids is 1. The fourth-order valence-corrected chi connectivity index (χ4v) is 2.71. The number of hydrogen-bond acceptors (Lipinski definition) is 4. The summed E-state index contributed by atoms with van der Waals surface area (Å²) < 4.78 is 7.45. The number of nitrogens with one attached hydrogen (secondary N) is 1. The Balaban J connectivity index is 2.05. The average molecular weight is 309 g/mol.